The molecule has 1 nitrogen and oxygen atoms in total. The predicted octanol–water partition coefficient (Wildman–Crippen LogP) is 5.49. The fourth-order valence-electron chi connectivity index (χ4n) is 3.00. The van der Waals surface area contributed by atoms with E-state index in [1.54, 1.807) is 0 Å². The quantitative estimate of drug-likeness (QED) is 0.730. The van der Waals surface area contributed by atoms with Crippen molar-refractivity contribution in [3.63, 3.8) is 0 Å². The standard InChI is InChI=1S/C20H23NS/c1-5-20(18-12-8-15(3)9-13-18)21-19(16(4)22-20)17-10-6-14(2)7-11-17/h6-13,16H,5H2,1-4H3/t16-,20+/m1/s1. The van der Waals surface area contributed by atoms with E-state index >= 15 is 0 Å². The molecule has 0 unspecified atom stereocenters. The van der Waals surface area contributed by atoms with Crippen LogP contribution in [-0.2, 0) is 4.87 Å². The van der Waals surface area contributed by atoms with Crippen LogP contribution in [0.4, 0.5) is 0 Å². The number of thioether (sulfide) groups is 1. The van der Waals surface area contributed by atoms with Gasteiger partial charge in [-0.3, -0.25) is 4.99 Å². The number of nitrogens with zero attached hydrogens (tertiary/aromatic N) is 1. The van der Waals surface area contributed by atoms with E-state index in [4.69, 9.17) is 4.99 Å². The third-order valence-corrected chi connectivity index (χ3v) is 5.97. The Kier molecular flexibility index (Phi) is 4.14. The van der Waals surface area contributed by atoms with Gasteiger partial charge in [0.15, 0.2) is 0 Å². The Hall–Kier alpha value is -1.54. The molecule has 0 amide bonds. The van der Waals surface area contributed by atoms with Crippen molar-refractivity contribution in [1.82, 2.24) is 0 Å². The van der Waals surface area contributed by atoms with Gasteiger partial charge >= 0.3 is 0 Å². The summed E-state index contributed by atoms with van der Waals surface area (Å²) in [5.41, 5.74) is 6.40. The third-order valence-electron chi connectivity index (χ3n) is 4.39. The van der Waals surface area contributed by atoms with E-state index in [-0.39, 0.29) is 4.87 Å². The Morgan fingerprint density at radius 2 is 1.50 bits per heavy atom. The van der Waals surface area contributed by atoms with Gasteiger partial charge < -0.3 is 0 Å². The molecule has 0 aromatic heterocycles. The van der Waals surface area contributed by atoms with Crippen molar-refractivity contribution >= 4 is 17.5 Å². The average Bonchev–Trinajstić information content (AvgIpc) is 2.87. The monoisotopic (exact) mass is 309 g/mol. The minimum absolute atomic E-state index is 0.132. The highest BCUT2D eigenvalue weighted by atomic mass is 32.2. The number of aliphatic imine (C=N–C) groups is 1. The van der Waals surface area contributed by atoms with Crippen LogP contribution in [0.15, 0.2) is 53.5 Å². The lowest BCUT2D eigenvalue weighted by Gasteiger charge is -2.25. The molecule has 22 heavy (non-hydrogen) atoms. The summed E-state index contributed by atoms with van der Waals surface area (Å²) in [5.74, 6) is 0. The van der Waals surface area contributed by atoms with E-state index in [1.807, 2.05) is 11.8 Å². The first kappa shape index (κ1) is 15.4. The lowest BCUT2D eigenvalue weighted by molar-refractivity contribution is 0.642. The van der Waals surface area contributed by atoms with E-state index in [0.717, 1.165) is 6.42 Å². The molecule has 2 aromatic carbocycles. The van der Waals surface area contributed by atoms with Crippen molar-refractivity contribution in [1.29, 1.82) is 0 Å². The van der Waals surface area contributed by atoms with Gasteiger partial charge in [0.1, 0.15) is 4.87 Å². The van der Waals surface area contributed by atoms with E-state index in [0.29, 0.717) is 5.25 Å². The summed E-state index contributed by atoms with van der Waals surface area (Å²) in [6, 6.07) is 17.6. The van der Waals surface area contributed by atoms with Gasteiger partial charge in [0.2, 0.25) is 0 Å². The van der Waals surface area contributed by atoms with Crippen molar-refractivity contribution in [2.24, 2.45) is 4.99 Å². The molecule has 2 aromatic rings. The third kappa shape index (κ3) is 2.72. The van der Waals surface area contributed by atoms with Crippen LogP contribution in [0.25, 0.3) is 0 Å². The fraction of sp³-hybridized carbons (Fsp3) is 0.350. The summed E-state index contributed by atoms with van der Waals surface area (Å²) in [7, 11) is 0. The molecule has 1 aliphatic heterocycles. The number of hydrogen-bond donors (Lipinski definition) is 0. The first-order valence-electron chi connectivity index (χ1n) is 7.96. The topological polar surface area (TPSA) is 12.4 Å². The van der Waals surface area contributed by atoms with Gasteiger partial charge in [0.05, 0.1) is 5.71 Å². The summed E-state index contributed by atoms with van der Waals surface area (Å²) in [6.07, 6.45) is 1.01. The lowest BCUT2D eigenvalue weighted by atomic mass is 10.0. The van der Waals surface area contributed by atoms with Crippen LogP contribution in [0.1, 0.15) is 42.5 Å². The average molecular weight is 309 g/mol. The molecule has 0 saturated heterocycles. The highest BCUT2D eigenvalue weighted by molar-refractivity contribution is 8.01. The molecule has 0 aliphatic carbocycles. The maximum atomic E-state index is 5.20. The summed E-state index contributed by atoms with van der Waals surface area (Å²) in [5, 5.41) is 0.420. The van der Waals surface area contributed by atoms with Crippen LogP contribution in [-0.4, -0.2) is 11.0 Å². The second-order valence-electron chi connectivity index (χ2n) is 6.13. The molecular formula is C20H23NS. The Labute approximate surface area is 137 Å². The van der Waals surface area contributed by atoms with E-state index in [9.17, 15) is 0 Å². The Morgan fingerprint density at radius 3 is 2.05 bits per heavy atom. The molecule has 3 rings (SSSR count). The molecule has 0 bridgehead atoms. The molecule has 1 aliphatic rings. The lowest BCUT2D eigenvalue weighted by Crippen LogP contribution is -2.15. The molecular weight excluding hydrogens is 286 g/mol. The molecule has 0 fully saturated rings. The SMILES string of the molecule is CC[C@]1(c2ccc(C)cc2)N=C(c2ccc(C)cc2)[C@@H](C)S1. The Balaban J connectivity index is 2.03. The minimum Gasteiger partial charge on any atom is -0.266 e. The number of aryl methyl sites for hydroxylation is 2. The molecule has 1 heterocycles. The fourth-order valence-corrected chi connectivity index (χ4v) is 4.47. The molecule has 0 spiro atoms. The van der Waals surface area contributed by atoms with E-state index in [1.165, 1.54) is 28.0 Å². The maximum Gasteiger partial charge on any atom is 0.132 e. The zero-order valence-electron chi connectivity index (χ0n) is 13.8. The van der Waals surface area contributed by atoms with Crippen molar-refractivity contribution in [3.8, 4) is 0 Å². The summed E-state index contributed by atoms with van der Waals surface area (Å²) < 4.78 is 0. The molecule has 2 atom stereocenters. The summed E-state index contributed by atoms with van der Waals surface area (Å²) in [4.78, 5) is 5.07. The van der Waals surface area contributed by atoms with Crippen LogP contribution >= 0.6 is 11.8 Å². The molecule has 0 radical (unpaired) electrons. The van der Waals surface area contributed by atoms with Crippen LogP contribution in [0.2, 0.25) is 0 Å². The summed E-state index contributed by atoms with van der Waals surface area (Å²) >= 11 is 1.98. The summed E-state index contributed by atoms with van der Waals surface area (Å²) in [6.45, 7) is 8.77. The molecule has 0 saturated carbocycles. The highest BCUT2D eigenvalue weighted by Crippen LogP contribution is 2.49. The maximum absolute atomic E-state index is 5.20. The number of hydrogen-bond acceptors (Lipinski definition) is 2. The van der Waals surface area contributed by atoms with Crippen LogP contribution in [0.5, 0.6) is 0 Å². The number of rotatable bonds is 3. The first-order chi connectivity index (χ1) is 10.5. The molecule has 0 N–H and O–H groups in total. The Bertz CT molecular complexity index is 685. The second kappa shape index (κ2) is 5.92. The van der Waals surface area contributed by atoms with Crippen molar-refractivity contribution in [2.75, 3.05) is 0 Å². The normalized spacial score (nSPS) is 24.4. The molecule has 2 heteroatoms. The molecule has 114 valence electrons. The predicted molar refractivity (Wildman–Crippen MR) is 97.9 cm³/mol. The Morgan fingerprint density at radius 1 is 0.955 bits per heavy atom. The van der Waals surface area contributed by atoms with Gasteiger partial charge in [0, 0.05) is 5.25 Å². The smallest absolute Gasteiger partial charge is 0.132 e. The largest absolute Gasteiger partial charge is 0.266 e. The number of benzene rings is 2. The second-order valence-corrected chi connectivity index (χ2v) is 7.75. The van der Waals surface area contributed by atoms with Crippen LogP contribution < -0.4 is 0 Å². The van der Waals surface area contributed by atoms with Crippen molar-refractivity contribution < 1.29 is 0 Å². The van der Waals surface area contributed by atoms with E-state index in [2.05, 4.69) is 76.2 Å². The van der Waals surface area contributed by atoms with Gasteiger partial charge in [0.25, 0.3) is 0 Å². The van der Waals surface area contributed by atoms with Gasteiger partial charge in [-0.1, -0.05) is 66.6 Å². The van der Waals surface area contributed by atoms with Crippen LogP contribution in [0, 0.1) is 13.8 Å². The van der Waals surface area contributed by atoms with Crippen LogP contribution in [0.3, 0.4) is 0 Å². The minimum atomic E-state index is -0.132. The van der Waals surface area contributed by atoms with Gasteiger partial charge in [-0.25, -0.2) is 0 Å². The van der Waals surface area contributed by atoms with Crippen molar-refractivity contribution in [3.05, 3.63) is 70.8 Å². The van der Waals surface area contributed by atoms with Gasteiger partial charge in [-0.15, -0.1) is 11.8 Å². The van der Waals surface area contributed by atoms with Gasteiger partial charge in [-0.2, -0.15) is 0 Å². The highest BCUT2D eigenvalue weighted by Gasteiger charge is 2.40. The van der Waals surface area contributed by atoms with Gasteiger partial charge in [-0.05, 0) is 38.3 Å². The first-order valence-corrected chi connectivity index (χ1v) is 8.84. The van der Waals surface area contributed by atoms with Crippen molar-refractivity contribution in [2.45, 2.75) is 44.2 Å². The zero-order valence-corrected chi connectivity index (χ0v) is 14.6. The van der Waals surface area contributed by atoms with E-state index < -0.39 is 0 Å². The zero-order chi connectivity index (χ0) is 15.7.